The molecular formula is C20H16F3N5O3S. The Hall–Kier alpha value is -3.64. The molecule has 2 heterocycles. The summed E-state index contributed by atoms with van der Waals surface area (Å²) in [5.74, 6) is 0.136. The molecule has 8 nitrogen and oxygen atoms in total. The van der Waals surface area contributed by atoms with Crippen LogP contribution in [-0.2, 0) is 16.6 Å². The van der Waals surface area contributed by atoms with Gasteiger partial charge in [-0.25, -0.2) is 23.1 Å². The van der Waals surface area contributed by atoms with Crippen LogP contribution in [0.4, 0.5) is 19.0 Å². The molecule has 0 saturated carbocycles. The van der Waals surface area contributed by atoms with Crippen LogP contribution in [-0.4, -0.2) is 29.4 Å². The van der Waals surface area contributed by atoms with E-state index in [-0.39, 0.29) is 10.6 Å². The summed E-state index contributed by atoms with van der Waals surface area (Å²) in [6.07, 6.45) is -3.29. The van der Waals surface area contributed by atoms with Gasteiger partial charge in [-0.3, -0.25) is 0 Å². The van der Waals surface area contributed by atoms with Crippen molar-refractivity contribution in [2.75, 3.05) is 5.32 Å². The van der Waals surface area contributed by atoms with Crippen LogP contribution in [0, 0.1) is 0 Å². The van der Waals surface area contributed by atoms with Gasteiger partial charge in [-0.1, -0.05) is 24.3 Å². The number of ether oxygens (including phenoxy) is 1. The van der Waals surface area contributed by atoms with Crippen LogP contribution in [0.5, 0.6) is 5.75 Å². The monoisotopic (exact) mass is 463 g/mol. The van der Waals surface area contributed by atoms with E-state index in [1.165, 1.54) is 41.0 Å². The zero-order valence-electron chi connectivity index (χ0n) is 16.2. The summed E-state index contributed by atoms with van der Waals surface area (Å²) in [6.45, 7) is 0.350. The number of aromatic nitrogens is 3. The molecule has 2 aromatic heterocycles. The minimum absolute atomic E-state index is 0.0144. The van der Waals surface area contributed by atoms with Crippen molar-refractivity contribution >= 4 is 21.5 Å². The number of primary sulfonamides is 1. The van der Waals surface area contributed by atoms with Gasteiger partial charge >= 0.3 is 6.36 Å². The fourth-order valence-corrected chi connectivity index (χ4v) is 3.52. The molecule has 0 atom stereocenters. The number of halogens is 3. The summed E-state index contributed by atoms with van der Waals surface area (Å²) in [6, 6.07) is 15.0. The van der Waals surface area contributed by atoms with E-state index in [4.69, 9.17) is 5.14 Å². The fourth-order valence-electron chi connectivity index (χ4n) is 3.01. The number of nitrogens with two attached hydrogens (primary N) is 1. The van der Waals surface area contributed by atoms with Crippen LogP contribution in [0.1, 0.15) is 5.56 Å². The smallest absolute Gasteiger partial charge is 0.406 e. The largest absolute Gasteiger partial charge is 0.573 e. The molecule has 0 aliphatic heterocycles. The van der Waals surface area contributed by atoms with Gasteiger partial charge < -0.3 is 10.1 Å². The van der Waals surface area contributed by atoms with Crippen LogP contribution < -0.4 is 15.2 Å². The third-order valence-electron chi connectivity index (χ3n) is 4.45. The van der Waals surface area contributed by atoms with E-state index in [0.717, 1.165) is 5.56 Å². The zero-order valence-corrected chi connectivity index (χ0v) is 17.1. The summed E-state index contributed by atoms with van der Waals surface area (Å²) in [4.78, 5) is 4.25. The lowest BCUT2D eigenvalue weighted by atomic mass is 10.1. The third-order valence-corrected chi connectivity index (χ3v) is 5.38. The average molecular weight is 463 g/mol. The van der Waals surface area contributed by atoms with Gasteiger partial charge in [0.05, 0.1) is 16.8 Å². The minimum atomic E-state index is -4.79. The molecule has 0 spiro atoms. The second kappa shape index (κ2) is 8.13. The highest BCUT2D eigenvalue weighted by Crippen LogP contribution is 2.28. The Bertz CT molecular complexity index is 1370. The SMILES string of the molecule is NS(=O)(=O)c1ccc(CNc2ccc3ncc(-c4cccc(OC(F)(F)F)c4)n3n2)cc1. The summed E-state index contributed by atoms with van der Waals surface area (Å²) in [5, 5.41) is 12.7. The third kappa shape index (κ3) is 4.98. The molecule has 4 aromatic rings. The number of sulfonamides is 1. The lowest BCUT2D eigenvalue weighted by Gasteiger charge is -2.10. The van der Waals surface area contributed by atoms with Gasteiger partial charge in [0.2, 0.25) is 10.0 Å². The highest BCUT2D eigenvalue weighted by atomic mass is 32.2. The summed E-state index contributed by atoms with van der Waals surface area (Å²) in [7, 11) is -3.76. The first kappa shape index (κ1) is 21.6. The number of benzene rings is 2. The van der Waals surface area contributed by atoms with Crippen molar-refractivity contribution in [3.63, 3.8) is 0 Å². The van der Waals surface area contributed by atoms with Crippen LogP contribution in [0.2, 0.25) is 0 Å². The maximum absolute atomic E-state index is 12.5. The highest BCUT2D eigenvalue weighted by Gasteiger charge is 2.31. The Morgan fingerprint density at radius 3 is 2.50 bits per heavy atom. The number of fused-ring (bicyclic) bond motifs is 1. The second-order valence-corrected chi connectivity index (χ2v) is 8.31. The van der Waals surface area contributed by atoms with Crippen molar-refractivity contribution in [3.05, 3.63) is 72.4 Å². The fraction of sp³-hybridized carbons (Fsp3) is 0.100. The predicted octanol–water partition coefficient (Wildman–Crippen LogP) is 3.55. The van der Waals surface area contributed by atoms with Crippen molar-refractivity contribution in [3.8, 4) is 17.0 Å². The average Bonchev–Trinajstić information content (AvgIpc) is 3.14. The maximum Gasteiger partial charge on any atom is 0.573 e. The first-order chi connectivity index (χ1) is 15.1. The number of nitrogens with one attached hydrogen (secondary N) is 1. The predicted molar refractivity (Wildman–Crippen MR) is 110 cm³/mol. The van der Waals surface area contributed by atoms with Crippen molar-refractivity contribution in [1.29, 1.82) is 0 Å². The molecule has 0 amide bonds. The quantitative estimate of drug-likeness (QED) is 0.452. The molecule has 0 radical (unpaired) electrons. The van der Waals surface area contributed by atoms with Gasteiger partial charge in [0.25, 0.3) is 0 Å². The topological polar surface area (TPSA) is 112 Å². The molecule has 0 bridgehead atoms. The van der Waals surface area contributed by atoms with Gasteiger partial charge in [-0.2, -0.15) is 0 Å². The Morgan fingerprint density at radius 1 is 1.06 bits per heavy atom. The molecule has 0 aliphatic rings. The van der Waals surface area contributed by atoms with Crippen molar-refractivity contribution in [2.45, 2.75) is 17.8 Å². The second-order valence-electron chi connectivity index (χ2n) is 6.75. The Kier molecular flexibility index (Phi) is 5.48. The van der Waals surface area contributed by atoms with Crippen molar-refractivity contribution in [2.24, 2.45) is 5.14 Å². The van der Waals surface area contributed by atoms with E-state index in [2.05, 4.69) is 20.1 Å². The number of hydrogen-bond acceptors (Lipinski definition) is 6. The molecule has 3 N–H and O–H groups in total. The molecule has 166 valence electrons. The highest BCUT2D eigenvalue weighted by molar-refractivity contribution is 7.89. The molecule has 12 heteroatoms. The number of anilines is 1. The van der Waals surface area contributed by atoms with Gasteiger partial charge in [0, 0.05) is 12.1 Å². The lowest BCUT2D eigenvalue weighted by molar-refractivity contribution is -0.274. The van der Waals surface area contributed by atoms with E-state index >= 15 is 0 Å². The van der Waals surface area contributed by atoms with E-state index in [0.29, 0.717) is 29.3 Å². The number of nitrogens with zero attached hydrogens (tertiary/aromatic N) is 3. The van der Waals surface area contributed by atoms with Crippen LogP contribution in [0.15, 0.2) is 71.8 Å². The number of imidazole rings is 1. The molecule has 0 saturated heterocycles. The Morgan fingerprint density at radius 2 is 1.81 bits per heavy atom. The molecule has 4 rings (SSSR count). The molecule has 0 unspecified atom stereocenters. The summed E-state index contributed by atoms with van der Waals surface area (Å²) < 4.78 is 65.8. The Labute approximate surface area is 180 Å². The standard InChI is InChI=1S/C20H16F3N5O3S/c21-20(22,23)31-15-3-1-2-14(10-15)17-12-26-19-9-8-18(27-28(17)19)25-11-13-4-6-16(7-5-13)32(24,29)30/h1-10,12H,11H2,(H,25,27)(H2,24,29,30). The zero-order chi connectivity index (χ0) is 22.9. The molecule has 32 heavy (non-hydrogen) atoms. The van der Waals surface area contributed by atoms with E-state index in [1.807, 2.05) is 0 Å². The summed E-state index contributed by atoms with van der Waals surface area (Å²) in [5.41, 5.74) is 2.23. The summed E-state index contributed by atoms with van der Waals surface area (Å²) >= 11 is 0. The van der Waals surface area contributed by atoms with E-state index in [9.17, 15) is 21.6 Å². The number of alkyl halides is 3. The first-order valence-electron chi connectivity index (χ1n) is 9.15. The van der Waals surface area contributed by atoms with Gasteiger partial charge in [-0.15, -0.1) is 18.3 Å². The molecule has 2 aromatic carbocycles. The minimum Gasteiger partial charge on any atom is -0.406 e. The number of rotatable bonds is 6. The van der Waals surface area contributed by atoms with Crippen LogP contribution in [0.3, 0.4) is 0 Å². The normalized spacial score (nSPS) is 12.1. The van der Waals surface area contributed by atoms with E-state index in [1.54, 1.807) is 30.3 Å². The van der Waals surface area contributed by atoms with Gasteiger partial charge in [0.1, 0.15) is 11.6 Å². The van der Waals surface area contributed by atoms with Crippen molar-refractivity contribution in [1.82, 2.24) is 14.6 Å². The lowest BCUT2D eigenvalue weighted by Crippen LogP contribution is -2.17. The first-order valence-corrected chi connectivity index (χ1v) is 10.7. The Balaban J connectivity index is 1.56. The number of hydrogen-bond donors (Lipinski definition) is 2. The molecular weight excluding hydrogens is 447 g/mol. The van der Waals surface area contributed by atoms with E-state index < -0.39 is 16.4 Å². The van der Waals surface area contributed by atoms with Gasteiger partial charge in [0.15, 0.2) is 5.65 Å². The van der Waals surface area contributed by atoms with Crippen LogP contribution in [0.25, 0.3) is 16.9 Å². The van der Waals surface area contributed by atoms with Crippen molar-refractivity contribution < 1.29 is 26.3 Å². The van der Waals surface area contributed by atoms with Gasteiger partial charge in [-0.05, 0) is 42.0 Å². The maximum atomic E-state index is 12.5. The molecule has 0 fully saturated rings. The molecule has 0 aliphatic carbocycles. The van der Waals surface area contributed by atoms with Crippen LogP contribution >= 0.6 is 0 Å².